The molecule has 0 saturated heterocycles. The quantitative estimate of drug-likeness (QED) is 0.443. The summed E-state index contributed by atoms with van der Waals surface area (Å²) in [5.74, 6) is 0. The van der Waals surface area contributed by atoms with Gasteiger partial charge in [-0.1, -0.05) is 68.8 Å². The SMILES string of the molecule is Cc1cc(C)c(-c2[c-]c(-c3c(C)cc(C)cc3C)ccc2)c(C)c1.[Br-].[Mg+2]. The first-order chi connectivity index (χ1) is 11.4. The van der Waals surface area contributed by atoms with Crippen molar-refractivity contribution in [1.82, 2.24) is 0 Å². The minimum absolute atomic E-state index is 0. The van der Waals surface area contributed by atoms with Crippen molar-refractivity contribution >= 4 is 23.1 Å². The van der Waals surface area contributed by atoms with Crippen molar-refractivity contribution in [3.05, 3.63) is 81.9 Å². The van der Waals surface area contributed by atoms with Gasteiger partial charge in [-0.25, -0.2) is 0 Å². The Morgan fingerprint density at radius 3 is 1.19 bits per heavy atom. The minimum Gasteiger partial charge on any atom is -1.00 e. The molecule has 0 aliphatic carbocycles. The van der Waals surface area contributed by atoms with Crippen LogP contribution in [0.4, 0.5) is 0 Å². The van der Waals surface area contributed by atoms with E-state index in [0.29, 0.717) is 0 Å². The fourth-order valence-corrected chi connectivity index (χ4v) is 3.97. The maximum absolute atomic E-state index is 3.68. The Hall–Kier alpha value is -1.09. The molecule has 0 unspecified atom stereocenters. The van der Waals surface area contributed by atoms with Crippen LogP contribution in [0.25, 0.3) is 22.3 Å². The molecular weight excluding hydrogens is 392 g/mol. The average Bonchev–Trinajstić information content (AvgIpc) is 2.45. The molecule has 0 fully saturated rings. The molecule has 0 aromatic heterocycles. The summed E-state index contributed by atoms with van der Waals surface area (Å²) in [5.41, 5.74) is 12.9. The van der Waals surface area contributed by atoms with Crippen LogP contribution in [-0.4, -0.2) is 23.1 Å². The first kappa shape index (κ1) is 22.9. The molecule has 0 bridgehead atoms. The van der Waals surface area contributed by atoms with Crippen LogP contribution in [0.2, 0.25) is 0 Å². The van der Waals surface area contributed by atoms with Gasteiger partial charge in [0.05, 0.1) is 0 Å². The molecule has 3 rings (SSSR count). The number of rotatable bonds is 2. The van der Waals surface area contributed by atoms with Gasteiger partial charge in [-0.15, -0.1) is 35.4 Å². The van der Waals surface area contributed by atoms with Crippen molar-refractivity contribution in [2.75, 3.05) is 0 Å². The van der Waals surface area contributed by atoms with Gasteiger partial charge in [0, 0.05) is 0 Å². The fraction of sp³-hybridized carbons (Fsp3) is 0.250. The van der Waals surface area contributed by atoms with Crippen molar-refractivity contribution in [2.45, 2.75) is 41.5 Å². The van der Waals surface area contributed by atoms with Crippen LogP contribution in [-0.2, 0) is 0 Å². The maximum atomic E-state index is 3.68. The summed E-state index contributed by atoms with van der Waals surface area (Å²) < 4.78 is 0. The van der Waals surface area contributed by atoms with Crippen LogP contribution in [0.1, 0.15) is 33.4 Å². The van der Waals surface area contributed by atoms with E-state index in [4.69, 9.17) is 0 Å². The van der Waals surface area contributed by atoms with Crippen LogP contribution in [0.3, 0.4) is 0 Å². The Kier molecular flexibility index (Phi) is 8.13. The van der Waals surface area contributed by atoms with E-state index in [9.17, 15) is 0 Å². The first-order valence-electron chi connectivity index (χ1n) is 8.55. The van der Waals surface area contributed by atoms with Gasteiger partial charge < -0.3 is 17.0 Å². The summed E-state index contributed by atoms with van der Waals surface area (Å²) in [4.78, 5) is 0. The van der Waals surface area contributed by atoms with Crippen LogP contribution in [0, 0.1) is 47.6 Å². The van der Waals surface area contributed by atoms with Crippen molar-refractivity contribution < 1.29 is 17.0 Å². The standard InChI is InChI=1S/C24H25.BrH.Mg/c1-15-10-17(3)23(18(4)11-15)21-8-7-9-22(14-21)24-19(5)12-16(2)13-20(24)6;;/h7-13H,1-6H3;1H;/q-1;;+2/p-1. The fourth-order valence-electron chi connectivity index (χ4n) is 3.97. The van der Waals surface area contributed by atoms with Gasteiger partial charge in [-0.3, -0.25) is 0 Å². The summed E-state index contributed by atoms with van der Waals surface area (Å²) in [6.07, 6.45) is 0. The van der Waals surface area contributed by atoms with Crippen LogP contribution >= 0.6 is 0 Å². The normalized spacial score (nSPS) is 10.1. The number of hydrogen-bond acceptors (Lipinski definition) is 0. The summed E-state index contributed by atoms with van der Waals surface area (Å²) in [5, 5.41) is 0. The monoisotopic (exact) mass is 416 g/mol. The predicted octanol–water partition coefficient (Wildman–Crippen LogP) is 3.29. The van der Waals surface area contributed by atoms with E-state index in [1.807, 2.05) is 0 Å². The molecule has 0 nitrogen and oxygen atoms in total. The van der Waals surface area contributed by atoms with E-state index in [2.05, 4.69) is 90.1 Å². The molecule has 130 valence electrons. The molecule has 3 aromatic carbocycles. The molecule has 0 radical (unpaired) electrons. The maximum Gasteiger partial charge on any atom is 2.00 e. The zero-order valence-electron chi connectivity index (χ0n) is 16.6. The third kappa shape index (κ3) is 4.60. The zero-order chi connectivity index (χ0) is 17.4. The van der Waals surface area contributed by atoms with Crippen LogP contribution in [0.15, 0.2) is 42.5 Å². The van der Waals surface area contributed by atoms with Gasteiger partial charge in [-0.2, -0.15) is 0 Å². The molecule has 26 heavy (non-hydrogen) atoms. The van der Waals surface area contributed by atoms with Gasteiger partial charge >= 0.3 is 23.1 Å². The van der Waals surface area contributed by atoms with E-state index < -0.39 is 0 Å². The van der Waals surface area contributed by atoms with Crippen LogP contribution in [0.5, 0.6) is 0 Å². The molecule has 0 heterocycles. The molecule has 2 heteroatoms. The van der Waals surface area contributed by atoms with Crippen molar-refractivity contribution in [2.24, 2.45) is 0 Å². The predicted molar refractivity (Wildman–Crippen MR) is 110 cm³/mol. The second-order valence-corrected chi connectivity index (χ2v) is 7.03. The third-order valence-electron chi connectivity index (χ3n) is 4.69. The van der Waals surface area contributed by atoms with Crippen molar-refractivity contribution in [1.29, 1.82) is 0 Å². The smallest absolute Gasteiger partial charge is 1.00 e. The number of hydrogen-bond donors (Lipinski definition) is 0. The average molecular weight is 418 g/mol. The summed E-state index contributed by atoms with van der Waals surface area (Å²) in [6.45, 7) is 13.1. The Balaban J connectivity index is 0.00000169. The topological polar surface area (TPSA) is 0 Å². The number of benzene rings is 3. The van der Waals surface area contributed by atoms with E-state index >= 15 is 0 Å². The Morgan fingerprint density at radius 1 is 0.577 bits per heavy atom. The number of halogens is 1. The van der Waals surface area contributed by atoms with Gasteiger partial charge in [-0.05, 0) is 41.5 Å². The Labute approximate surface area is 185 Å². The zero-order valence-corrected chi connectivity index (χ0v) is 19.6. The molecule has 0 saturated carbocycles. The van der Waals surface area contributed by atoms with Gasteiger partial charge in [0.15, 0.2) is 0 Å². The largest absolute Gasteiger partial charge is 2.00 e. The molecule has 0 amide bonds. The van der Waals surface area contributed by atoms with Crippen LogP contribution < -0.4 is 17.0 Å². The van der Waals surface area contributed by atoms with E-state index in [1.54, 1.807) is 0 Å². The molecule has 0 atom stereocenters. The minimum atomic E-state index is 0. The van der Waals surface area contributed by atoms with Crippen molar-refractivity contribution in [3.63, 3.8) is 0 Å². The Bertz CT molecular complexity index is 806. The summed E-state index contributed by atoms with van der Waals surface area (Å²) in [7, 11) is 0. The number of aryl methyl sites for hydroxylation is 6. The molecule has 0 spiro atoms. The second-order valence-electron chi connectivity index (χ2n) is 7.03. The first-order valence-corrected chi connectivity index (χ1v) is 8.55. The molecule has 0 aliphatic heterocycles. The summed E-state index contributed by atoms with van der Waals surface area (Å²) in [6, 6.07) is 19.2. The second kappa shape index (κ2) is 9.21. The van der Waals surface area contributed by atoms with Gasteiger partial charge in [0.25, 0.3) is 0 Å². The van der Waals surface area contributed by atoms with Gasteiger partial charge in [0.1, 0.15) is 0 Å². The molecular formula is C24H25BrMg. The van der Waals surface area contributed by atoms with E-state index in [-0.39, 0.29) is 40.0 Å². The van der Waals surface area contributed by atoms with Gasteiger partial charge in [0.2, 0.25) is 0 Å². The molecule has 3 aromatic rings. The summed E-state index contributed by atoms with van der Waals surface area (Å²) >= 11 is 0. The van der Waals surface area contributed by atoms with Crippen molar-refractivity contribution in [3.8, 4) is 22.3 Å². The third-order valence-corrected chi connectivity index (χ3v) is 4.69. The molecule has 0 aliphatic rings. The molecule has 0 N–H and O–H groups in total. The van der Waals surface area contributed by atoms with E-state index in [1.165, 1.54) is 55.6 Å². The Morgan fingerprint density at radius 2 is 0.885 bits per heavy atom. The van der Waals surface area contributed by atoms with E-state index in [0.717, 1.165) is 0 Å².